The molecule has 0 bridgehead atoms. The topological polar surface area (TPSA) is 80.8 Å². The molecule has 6 rings (SSSR count). The number of ether oxygens (including phenoxy) is 1. The molecule has 1 saturated heterocycles. The van der Waals surface area contributed by atoms with Gasteiger partial charge in [0.15, 0.2) is 9.84 Å². The normalized spacial score (nSPS) is 23.3. The second-order valence-electron chi connectivity index (χ2n) is 14.0. The van der Waals surface area contributed by atoms with Crippen molar-refractivity contribution in [3.63, 3.8) is 0 Å². The molecule has 1 saturated carbocycles. The Bertz CT molecular complexity index is 1810. The Morgan fingerprint density at radius 3 is 2.24 bits per heavy atom. The van der Waals surface area contributed by atoms with Gasteiger partial charge < -0.3 is 14.4 Å². The largest absolute Gasteiger partial charge is 0.489 e. The van der Waals surface area contributed by atoms with E-state index in [4.69, 9.17) is 4.74 Å². The van der Waals surface area contributed by atoms with Crippen LogP contribution in [0.1, 0.15) is 94.9 Å². The molecular weight excluding hydrogens is 670 g/mol. The highest BCUT2D eigenvalue weighted by Crippen LogP contribution is 2.54. The van der Waals surface area contributed by atoms with Gasteiger partial charge in [0.2, 0.25) is 5.91 Å². The molecule has 0 spiro atoms. The van der Waals surface area contributed by atoms with Gasteiger partial charge in [-0.1, -0.05) is 31.5 Å². The fourth-order valence-electron chi connectivity index (χ4n) is 8.01. The van der Waals surface area contributed by atoms with E-state index < -0.39 is 50.4 Å². The zero-order valence-electron chi connectivity index (χ0n) is 29.0. The maximum atomic E-state index is 14.7. The Morgan fingerprint density at radius 1 is 0.960 bits per heavy atom. The number of carbonyl (C=O) groups excluding carboxylic acids is 2. The molecule has 50 heavy (non-hydrogen) atoms. The standard InChI is InChI=1S/C36H39F4NO4S.C3H6O/c1-3-23-7-9-24(10-8-23)34(42)41-20-19-36(46(43,44)28-15-12-26(37)13-16-28)30-17-14-27(21-25(30)11-18-33(36)41)45-22-29-31(35(2,39)40)5-4-6-32(29)38;1-3(2)4/h4-6,12-17,21,23-24,33H,3,7-11,18-20,22H2,1-2H3;1-2H3. The second-order valence-corrected chi connectivity index (χ2v) is 16.2. The van der Waals surface area contributed by atoms with E-state index in [0.29, 0.717) is 42.6 Å². The summed E-state index contributed by atoms with van der Waals surface area (Å²) in [5, 5.41) is 0. The van der Waals surface area contributed by atoms with Crippen LogP contribution in [0.5, 0.6) is 5.75 Å². The number of halogens is 4. The summed E-state index contributed by atoms with van der Waals surface area (Å²) in [4.78, 5) is 25.2. The van der Waals surface area contributed by atoms with E-state index in [1.54, 1.807) is 23.1 Å². The molecule has 0 N–H and O–H groups in total. The summed E-state index contributed by atoms with van der Waals surface area (Å²) < 4.78 is 90.6. The summed E-state index contributed by atoms with van der Waals surface area (Å²) in [7, 11) is -4.13. The van der Waals surface area contributed by atoms with Crippen LogP contribution in [0.4, 0.5) is 17.6 Å². The number of Topliss-reactive ketones (excluding diaryl/α,β-unsaturated/α-hetero) is 1. The van der Waals surface area contributed by atoms with Gasteiger partial charge in [0, 0.05) is 30.5 Å². The summed E-state index contributed by atoms with van der Waals surface area (Å²) in [5.41, 5.74) is 0.543. The molecule has 6 nitrogen and oxygen atoms in total. The molecule has 3 aromatic carbocycles. The summed E-state index contributed by atoms with van der Waals surface area (Å²) in [6.45, 7) is 5.77. The Morgan fingerprint density at radius 2 is 1.62 bits per heavy atom. The van der Waals surface area contributed by atoms with Gasteiger partial charge in [0.1, 0.15) is 34.5 Å². The van der Waals surface area contributed by atoms with E-state index in [2.05, 4.69) is 6.92 Å². The van der Waals surface area contributed by atoms with Crippen LogP contribution in [0.3, 0.4) is 0 Å². The molecule has 2 fully saturated rings. The van der Waals surface area contributed by atoms with Crippen molar-refractivity contribution >= 4 is 21.5 Å². The maximum Gasteiger partial charge on any atom is 0.271 e. The third-order valence-corrected chi connectivity index (χ3v) is 13.0. The van der Waals surface area contributed by atoms with E-state index in [9.17, 15) is 35.6 Å². The first-order valence-corrected chi connectivity index (χ1v) is 18.8. The summed E-state index contributed by atoms with van der Waals surface area (Å²) >= 11 is 0. The number of hydrogen-bond donors (Lipinski definition) is 0. The van der Waals surface area contributed by atoms with E-state index >= 15 is 0 Å². The van der Waals surface area contributed by atoms with Gasteiger partial charge in [0.05, 0.1) is 10.9 Å². The summed E-state index contributed by atoms with van der Waals surface area (Å²) in [6.07, 6.45) is 5.69. The Hall–Kier alpha value is -3.73. The lowest BCUT2D eigenvalue weighted by Gasteiger charge is -2.43. The van der Waals surface area contributed by atoms with Crippen molar-refractivity contribution in [2.45, 2.75) is 107 Å². The minimum Gasteiger partial charge on any atom is -0.489 e. The van der Waals surface area contributed by atoms with E-state index in [0.717, 1.165) is 50.3 Å². The van der Waals surface area contributed by atoms with Crippen molar-refractivity contribution < 1.29 is 40.3 Å². The fourth-order valence-corrected chi connectivity index (χ4v) is 10.4. The van der Waals surface area contributed by atoms with Crippen molar-refractivity contribution in [2.75, 3.05) is 6.54 Å². The molecule has 1 aliphatic heterocycles. The lowest BCUT2D eigenvalue weighted by molar-refractivity contribution is -0.138. The van der Waals surface area contributed by atoms with Crippen LogP contribution >= 0.6 is 0 Å². The van der Waals surface area contributed by atoms with Crippen molar-refractivity contribution in [2.24, 2.45) is 11.8 Å². The average Bonchev–Trinajstić information content (AvgIpc) is 3.48. The van der Waals surface area contributed by atoms with Crippen LogP contribution in [-0.4, -0.2) is 37.6 Å². The zero-order chi connectivity index (χ0) is 36.4. The first-order chi connectivity index (χ1) is 23.6. The van der Waals surface area contributed by atoms with Crippen LogP contribution < -0.4 is 4.74 Å². The number of carbonyl (C=O) groups is 2. The van der Waals surface area contributed by atoms with E-state index in [1.807, 2.05) is 0 Å². The number of alkyl halides is 2. The maximum absolute atomic E-state index is 14.7. The lowest BCUT2D eigenvalue weighted by Crippen LogP contribution is -2.53. The summed E-state index contributed by atoms with van der Waals surface area (Å²) in [6, 6.07) is 12.6. The second kappa shape index (κ2) is 14.9. The van der Waals surface area contributed by atoms with Gasteiger partial charge in [-0.2, -0.15) is 0 Å². The lowest BCUT2D eigenvalue weighted by atomic mass is 9.77. The molecule has 0 aromatic heterocycles. The molecule has 2 unspecified atom stereocenters. The number of sulfone groups is 1. The van der Waals surface area contributed by atoms with Crippen LogP contribution in [0.15, 0.2) is 65.6 Å². The van der Waals surface area contributed by atoms with Crippen molar-refractivity contribution in [1.29, 1.82) is 0 Å². The van der Waals surface area contributed by atoms with Crippen LogP contribution in [-0.2, 0) is 43.1 Å². The third kappa shape index (κ3) is 7.34. The van der Waals surface area contributed by atoms with Crippen LogP contribution in [0.25, 0.3) is 0 Å². The molecule has 1 amide bonds. The first-order valence-electron chi connectivity index (χ1n) is 17.3. The number of likely N-dealkylation sites (tertiary alicyclic amines) is 1. The molecule has 1 heterocycles. The number of benzene rings is 3. The van der Waals surface area contributed by atoms with Gasteiger partial charge >= 0.3 is 0 Å². The van der Waals surface area contributed by atoms with Gasteiger partial charge in [-0.3, -0.25) is 4.79 Å². The predicted molar refractivity (Wildman–Crippen MR) is 183 cm³/mol. The fraction of sp³-hybridized carbons (Fsp3) is 0.487. The van der Waals surface area contributed by atoms with Crippen molar-refractivity contribution in [1.82, 2.24) is 4.90 Å². The molecule has 2 atom stereocenters. The summed E-state index contributed by atoms with van der Waals surface area (Å²) in [5.74, 6) is -3.68. The van der Waals surface area contributed by atoms with E-state index in [1.165, 1.54) is 38.1 Å². The molecule has 3 aliphatic rings. The van der Waals surface area contributed by atoms with Crippen molar-refractivity contribution in [3.8, 4) is 5.75 Å². The quantitative estimate of drug-likeness (QED) is 0.172. The minimum absolute atomic E-state index is 0.00700. The molecule has 3 aromatic rings. The monoisotopic (exact) mass is 715 g/mol. The SMILES string of the molecule is CC(C)=O.CCC1CCC(C(=O)N2CCC3(S(=O)(=O)c4ccc(F)cc4)c4ccc(OCc5c(F)cccc5C(C)(F)F)cc4CCC23)CC1. The van der Waals surface area contributed by atoms with Gasteiger partial charge in [-0.25, -0.2) is 26.0 Å². The van der Waals surface area contributed by atoms with Gasteiger partial charge in [-0.15, -0.1) is 0 Å². The Labute approximate surface area is 292 Å². The molecular formula is C39H45F4NO5S. The Kier molecular flexibility index (Phi) is 11.2. The number of hydrogen-bond acceptors (Lipinski definition) is 5. The number of rotatable bonds is 8. The number of ketones is 1. The van der Waals surface area contributed by atoms with Crippen LogP contribution in [0, 0.1) is 23.5 Å². The highest BCUT2D eigenvalue weighted by molar-refractivity contribution is 7.92. The highest BCUT2D eigenvalue weighted by Gasteiger charge is 2.61. The molecule has 2 aliphatic carbocycles. The van der Waals surface area contributed by atoms with E-state index in [-0.39, 0.29) is 41.0 Å². The van der Waals surface area contributed by atoms with Crippen LogP contribution in [0.2, 0.25) is 0 Å². The molecule has 11 heteroatoms. The van der Waals surface area contributed by atoms with Gasteiger partial charge in [0.25, 0.3) is 5.92 Å². The Balaban J connectivity index is 0.00000115. The first kappa shape index (κ1) is 37.5. The van der Waals surface area contributed by atoms with Gasteiger partial charge in [-0.05, 0) is 118 Å². The zero-order valence-corrected chi connectivity index (χ0v) is 29.8. The highest BCUT2D eigenvalue weighted by atomic mass is 32.2. The molecule has 270 valence electrons. The predicted octanol–water partition coefficient (Wildman–Crippen LogP) is 8.68. The smallest absolute Gasteiger partial charge is 0.271 e. The number of fused-ring (bicyclic) bond motifs is 3. The third-order valence-electron chi connectivity index (χ3n) is 10.5. The number of nitrogens with zero attached hydrogens (tertiary/aromatic N) is 1. The number of amides is 1. The number of aryl methyl sites for hydroxylation is 1. The molecule has 0 radical (unpaired) electrons. The minimum atomic E-state index is -4.13. The van der Waals surface area contributed by atoms with Crippen molar-refractivity contribution in [3.05, 3.63) is 94.6 Å². The average molecular weight is 716 g/mol.